The van der Waals surface area contributed by atoms with Gasteiger partial charge in [0, 0.05) is 18.0 Å². The summed E-state index contributed by atoms with van der Waals surface area (Å²) in [6.07, 6.45) is 1.73. The van der Waals surface area contributed by atoms with Crippen LogP contribution in [0.25, 0.3) is 11.1 Å². The Morgan fingerprint density at radius 3 is 2.75 bits per heavy atom. The van der Waals surface area contributed by atoms with Crippen LogP contribution in [0.5, 0.6) is 5.88 Å². The number of hydrogen-bond acceptors (Lipinski definition) is 3. The van der Waals surface area contributed by atoms with E-state index in [1.165, 1.54) is 5.56 Å². The largest absolute Gasteiger partial charge is 0.481 e. The molecule has 0 saturated carbocycles. The fourth-order valence-electron chi connectivity index (χ4n) is 1.64. The van der Waals surface area contributed by atoms with Crippen LogP contribution in [0.3, 0.4) is 0 Å². The molecule has 1 aromatic carbocycles. The highest BCUT2D eigenvalue weighted by molar-refractivity contribution is 5.71. The summed E-state index contributed by atoms with van der Waals surface area (Å²) in [6.45, 7) is 2.06. The lowest BCUT2D eigenvalue weighted by Gasteiger charge is -2.08. The van der Waals surface area contributed by atoms with E-state index >= 15 is 0 Å². The number of pyridine rings is 1. The molecule has 0 spiro atoms. The minimum Gasteiger partial charge on any atom is -0.481 e. The van der Waals surface area contributed by atoms with Crippen LogP contribution in [0.2, 0.25) is 0 Å². The summed E-state index contributed by atoms with van der Waals surface area (Å²) in [5, 5.41) is 0. The van der Waals surface area contributed by atoms with Gasteiger partial charge in [-0.25, -0.2) is 4.98 Å². The number of nitrogens with two attached hydrogens (primary N) is 1. The van der Waals surface area contributed by atoms with Gasteiger partial charge in [0.25, 0.3) is 0 Å². The molecular weight excluding hydrogens is 200 g/mol. The topological polar surface area (TPSA) is 48.1 Å². The summed E-state index contributed by atoms with van der Waals surface area (Å²) < 4.78 is 5.10. The fraction of sp³-hybridized carbons (Fsp3) is 0.154. The van der Waals surface area contributed by atoms with Gasteiger partial charge in [0.2, 0.25) is 5.88 Å². The van der Waals surface area contributed by atoms with Crippen molar-refractivity contribution in [2.75, 3.05) is 12.8 Å². The molecule has 0 saturated heterocycles. The van der Waals surface area contributed by atoms with E-state index in [9.17, 15) is 0 Å². The van der Waals surface area contributed by atoms with Gasteiger partial charge in [-0.15, -0.1) is 0 Å². The number of aryl methyl sites for hydroxylation is 1. The van der Waals surface area contributed by atoms with Gasteiger partial charge >= 0.3 is 0 Å². The lowest BCUT2D eigenvalue weighted by Crippen LogP contribution is -1.91. The van der Waals surface area contributed by atoms with Crippen molar-refractivity contribution in [1.29, 1.82) is 0 Å². The third kappa shape index (κ3) is 1.98. The molecular formula is C13H14N2O. The first-order valence-electron chi connectivity index (χ1n) is 5.07. The molecule has 0 aliphatic rings. The van der Waals surface area contributed by atoms with Gasteiger partial charge in [0.05, 0.1) is 7.11 Å². The van der Waals surface area contributed by atoms with Crippen LogP contribution in [-0.4, -0.2) is 12.1 Å². The molecule has 0 aliphatic carbocycles. The summed E-state index contributed by atoms with van der Waals surface area (Å²) in [5.41, 5.74) is 9.91. The highest BCUT2D eigenvalue weighted by Gasteiger charge is 2.04. The molecule has 2 rings (SSSR count). The van der Waals surface area contributed by atoms with Gasteiger partial charge in [-0.3, -0.25) is 0 Å². The minimum atomic E-state index is 0.610. The van der Waals surface area contributed by atoms with E-state index in [4.69, 9.17) is 10.5 Å². The molecule has 0 atom stereocenters. The number of benzene rings is 1. The number of nitrogens with zero attached hydrogens (tertiary/aromatic N) is 1. The highest BCUT2D eigenvalue weighted by Crippen LogP contribution is 2.27. The molecule has 2 N–H and O–H groups in total. The maximum absolute atomic E-state index is 5.79. The predicted molar refractivity (Wildman–Crippen MR) is 65.4 cm³/mol. The predicted octanol–water partition coefficient (Wildman–Crippen LogP) is 2.65. The molecule has 0 radical (unpaired) electrons. The van der Waals surface area contributed by atoms with Crippen LogP contribution in [-0.2, 0) is 0 Å². The van der Waals surface area contributed by atoms with Crippen molar-refractivity contribution >= 4 is 5.69 Å². The molecule has 3 heteroatoms. The molecule has 16 heavy (non-hydrogen) atoms. The summed E-state index contributed by atoms with van der Waals surface area (Å²) in [7, 11) is 1.61. The number of ether oxygens (including phenoxy) is 1. The van der Waals surface area contributed by atoms with Crippen molar-refractivity contribution in [2.45, 2.75) is 6.92 Å². The van der Waals surface area contributed by atoms with E-state index in [2.05, 4.69) is 11.9 Å². The molecule has 1 heterocycles. The van der Waals surface area contributed by atoms with E-state index in [0.717, 1.165) is 16.8 Å². The standard InChI is InChI=1S/C13H14N2O/c1-9-3-4-11(14)8-12(9)10-5-6-15-13(7-10)16-2/h3-8H,14H2,1-2H3. The molecule has 0 aliphatic heterocycles. The van der Waals surface area contributed by atoms with Gasteiger partial charge in [-0.05, 0) is 41.8 Å². The molecule has 3 nitrogen and oxygen atoms in total. The van der Waals surface area contributed by atoms with Crippen molar-refractivity contribution in [1.82, 2.24) is 4.98 Å². The van der Waals surface area contributed by atoms with Gasteiger partial charge in [0.1, 0.15) is 0 Å². The number of methoxy groups -OCH3 is 1. The number of aromatic nitrogens is 1. The highest BCUT2D eigenvalue weighted by atomic mass is 16.5. The molecule has 2 aromatic rings. The maximum atomic E-state index is 5.79. The van der Waals surface area contributed by atoms with Crippen molar-refractivity contribution in [3.05, 3.63) is 42.1 Å². The van der Waals surface area contributed by atoms with E-state index in [1.54, 1.807) is 13.3 Å². The van der Waals surface area contributed by atoms with Crippen molar-refractivity contribution in [3.8, 4) is 17.0 Å². The van der Waals surface area contributed by atoms with E-state index in [0.29, 0.717) is 5.88 Å². The Morgan fingerprint density at radius 2 is 2.00 bits per heavy atom. The lowest BCUT2D eigenvalue weighted by molar-refractivity contribution is 0.398. The van der Waals surface area contributed by atoms with Gasteiger partial charge in [-0.1, -0.05) is 6.07 Å². The van der Waals surface area contributed by atoms with Crippen molar-refractivity contribution in [3.63, 3.8) is 0 Å². The fourth-order valence-corrected chi connectivity index (χ4v) is 1.64. The Balaban J connectivity index is 2.53. The zero-order valence-electron chi connectivity index (χ0n) is 9.40. The number of rotatable bonds is 2. The number of hydrogen-bond donors (Lipinski definition) is 1. The Bertz CT molecular complexity index is 509. The normalized spacial score (nSPS) is 10.1. The first-order chi connectivity index (χ1) is 7.70. The van der Waals surface area contributed by atoms with Crippen LogP contribution < -0.4 is 10.5 Å². The smallest absolute Gasteiger partial charge is 0.213 e. The summed E-state index contributed by atoms with van der Waals surface area (Å²) in [4.78, 5) is 4.08. The minimum absolute atomic E-state index is 0.610. The molecule has 82 valence electrons. The van der Waals surface area contributed by atoms with E-state index in [1.807, 2.05) is 30.3 Å². The van der Waals surface area contributed by atoms with E-state index in [-0.39, 0.29) is 0 Å². The monoisotopic (exact) mass is 214 g/mol. The second kappa shape index (κ2) is 4.23. The SMILES string of the molecule is COc1cc(-c2cc(N)ccc2C)ccn1. The molecule has 0 amide bonds. The van der Waals surface area contributed by atoms with Gasteiger partial charge in [-0.2, -0.15) is 0 Å². The van der Waals surface area contributed by atoms with E-state index < -0.39 is 0 Å². The second-order valence-corrected chi connectivity index (χ2v) is 3.66. The van der Waals surface area contributed by atoms with Gasteiger partial charge in [0.15, 0.2) is 0 Å². The molecule has 0 unspecified atom stereocenters. The van der Waals surface area contributed by atoms with Gasteiger partial charge < -0.3 is 10.5 Å². The number of anilines is 1. The van der Waals surface area contributed by atoms with Crippen LogP contribution >= 0.6 is 0 Å². The number of nitrogen functional groups attached to an aromatic ring is 1. The molecule has 0 bridgehead atoms. The van der Waals surface area contributed by atoms with Crippen molar-refractivity contribution in [2.24, 2.45) is 0 Å². The van der Waals surface area contributed by atoms with Crippen LogP contribution in [0.4, 0.5) is 5.69 Å². The Hall–Kier alpha value is -2.03. The van der Waals surface area contributed by atoms with Crippen molar-refractivity contribution < 1.29 is 4.74 Å². The second-order valence-electron chi connectivity index (χ2n) is 3.66. The third-order valence-electron chi connectivity index (χ3n) is 2.52. The first-order valence-corrected chi connectivity index (χ1v) is 5.07. The molecule has 0 fully saturated rings. The average Bonchev–Trinajstić information content (AvgIpc) is 2.32. The quantitative estimate of drug-likeness (QED) is 0.782. The zero-order chi connectivity index (χ0) is 11.5. The zero-order valence-corrected chi connectivity index (χ0v) is 9.40. The maximum Gasteiger partial charge on any atom is 0.213 e. The summed E-state index contributed by atoms with van der Waals surface area (Å²) in [6, 6.07) is 9.73. The van der Waals surface area contributed by atoms with Crippen LogP contribution in [0, 0.1) is 6.92 Å². The summed E-state index contributed by atoms with van der Waals surface area (Å²) >= 11 is 0. The molecule has 1 aromatic heterocycles. The van der Waals surface area contributed by atoms with Crippen LogP contribution in [0.1, 0.15) is 5.56 Å². The lowest BCUT2D eigenvalue weighted by atomic mass is 10.0. The summed E-state index contributed by atoms with van der Waals surface area (Å²) in [5.74, 6) is 0.610. The Morgan fingerprint density at radius 1 is 1.19 bits per heavy atom. The average molecular weight is 214 g/mol. The van der Waals surface area contributed by atoms with Crippen LogP contribution in [0.15, 0.2) is 36.5 Å². The third-order valence-corrected chi connectivity index (χ3v) is 2.52. The Kier molecular flexibility index (Phi) is 2.77. The first kappa shape index (κ1) is 10.5. The Labute approximate surface area is 94.9 Å².